The quantitative estimate of drug-likeness (QED) is 0.293. The zero-order valence-electron chi connectivity index (χ0n) is 18.1. The normalized spacial score (nSPS) is 16.2. The van der Waals surface area contributed by atoms with Crippen LogP contribution in [0.25, 0.3) is 0 Å². The number of nitrogens with zero attached hydrogens (tertiary/aromatic N) is 2. The maximum Gasteiger partial charge on any atom is 0.191 e. The van der Waals surface area contributed by atoms with Crippen LogP contribution < -0.4 is 15.4 Å². The third-order valence-corrected chi connectivity index (χ3v) is 4.87. The van der Waals surface area contributed by atoms with Gasteiger partial charge in [-0.05, 0) is 38.3 Å². The maximum absolute atomic E-state index is 6.13. The van der Waals surface area contributed by atoms with Gasteiger partial charge in [-0.2, -0.15) is 0 Å². The molecule has 2 aromatic rings. The van der Waals surface area contributed by atoms with E-state index in [0.717, 1.165) is 61.3 Å². The van der Waals surface area contributed by atoms with Crippen molar-refractivity contribution in [3.63, 3.8) is 0 Å². The van der Waals surface area contributed by atoms with Crippen molar-refractivity contribution in [1.29, 1.82) is 0 Å². The minimum atomic E-state index is 0. The van der Waals surface area contributed by atoms with E-state index in [1.807, 2.05) is 13.0 Å². The number of aromatic nitrogens is 1. The summed E-state index contributed by atoms with van der Waals surface area (Å²) in [6, 6.07) is 8.24. The number of rotatable bonds is 9. The van der Waals surface area contributed by atoms with Gasteiger partial charge in [0.15, 0.2) is 11.7 Å². The van der Waals surface area contributed by atoms with Crippen LogP contribution in [0.2, 0.25) is 0 Å². The zero-order valence-corrected chi connectivity index (χ0v) is 20.4. The fourth-order valence-corrected chi connectivity index (χ4v) is 3.13. The molecule has 0 radical (unpaired) electrons. The first-order valence-electron chi connectivity index (χ1n) is 10.4. The molecule has 7 nitrogen and oxygen atoms in total. The molecule has 1 fully saturated rings. The van der Waals surface area contributed by atoms with Gasteiger partial charge in [0.2, 0.25) is 0 Å². The molecule has 1 atom stereocenters. The van der Waals surface area contributed by atoms with E-state index in [2.05, 4.69) is 47.8 Å². The second-order valence-electron chi connectivity index (χ2n) is 7.34. The van der Waals surface area contributed by atoms with Crippen molar-refractivity contribution in [2.24, 2.45) is 10.9 Å². The molecule has 30 heavy (non-hydrogen) atoms. The van der Waals surface area contributed by atoms with E-state index >= 15 is 0 Å². The highest BCUT2D eigenvalue weighted by molar-refractivity contribution is 14.0. The van der Waals surface area contributed by atoms with E-state index in [4.69, 9.17) is 19.0 Å². The Labute approximate surface area is 196 Å². The lowest BCUT2D eigenvalue weighted by molar-refractivity contribution is 0.166. The van der Waals surface area contributed by atoms with E-state index in [0.29, 0.717) is 25.6 Å². The topological polar surface area (TPSA) is 80.9 Å². The Bertz CT molecular complexity index is 803. The summed E-state index contributed by atoms with van der Waals surface area (Å²) in [5, 5.41) is 10.6. The van der Waals surface area contributed by atoms with Crippen molar-refractivity contribution >= 4 is 29.9 Å². The first-order valence-corrected chi connectivity index (χ1v) is 10.4. The molecule has 1 aromatic carbocycles. The monoisotopic (exact) mass is 528 g/mol. The molecule has 166 valence electrons. The number of benzene rings is 1. The number of hydrogen-bond donors (Lipinski definition) is 2. The number of guanidine groups is 1. The molecule has 1 aromatic heterocycles. The van der Waals surface area contributed by atoms with E-state index in [1.54, 1.807) is 0 Å². The Balaban J connectivity index is 0.00000320. The summed E-state index contributed by atoms with van der Waals surface area (Å²) in [7, 11) is 0. The molecule has 2 N–H and O–H groups in total. The molecule has 0 spiro atoms. The van der Waals surface area contributed by atoms with Crippen LogP contribution in [0.15, 0.2) is 33.8 Å². The molecule has 0 aliphatic carbocycles. The van der Waals surface area contributed by atoms with Crippen LogP contribution in [0.4, 0.5) is 0 Å². The lowest BCUT2D eigenvalue weighted by atomic mass is 10.1. The van der Waals surface area contributed by atoms with Crippen LogP contribution in [0, 0.1) is 12.8 Å². The first kappa shape index (κ1) is 24.5. The fraction of sp³-hybridized carbons (Fsp3) is 0.545. The molecule has 8 heteroatoms. The van der Waals surface area contributed by atoms with Crippen molar-refractivity contribution in [2.75, 3.05) is 26.4 Å². The molecule has 2 heterocycles. The van der Waals surface area contributed by atoms with E-state index in [9.17, 15) is 0 Å². The summed E-state index contributed by atoms with van der Waals surface area (Å²) < 4.78 is 16.9. The summed E-state index contributed by atoms with van der Waals surface area (Å²) >= 11 is 0. The van der Waals surface area contributed by atoms with Gasteiger partial charge in [-0.1, -0.05) is 24.2 Å². The van der Waals surface area contributed by atoms with Crippen LogP contribution in [0.3, 0.4) is 0 Å². The first-order chi connectivity index (χ1) is 14.2. The highest BCUT2D eigenvalue weighted by Gasteiger charge is 2.17. The minimum Gasteiger partial charge on any atom is -0.493 e. The van der Waals surface area contributed by atoms with E-state index in [1.165, 1.54) is 5.56 Å². The van der Waals surface area contributed by atoms with Crippen molar-refractivity contribution in [2.45, 2.75) is 46.7 Å². The average Bonchev–Trinajstić information content (AvgIpc) is 3.41. The molecule has 0 bridgehead atoms. The van der Waals surface area contributed by atoms with Crippen LogP contribution >= 0.6 is 24.0 Å². The van der Waals surface area contributed by atoms with Crippen molar-refractivity contribution in [1.82, 2.24) is 15.8 Å². The third-order valence-electron chi connectivity index (χ3n) is 4.87. The van der Waals surface area contributed by atoms with Crippen LogP contribution in [-0.2, 0) is 24.2 Å². The van der Waals surface area contributed by atoms with Gasteiger partial charge in [0.1, 0.15) is 5.75 Å². The van der Waals surface area contributed by atoms with Gasteiger partial charge in [-0.25, -0.2) is 4.99 Å². The predicted molar refractivity (Wildman–Crippen MR) is 129 cm³/mol. The molecule has 1 saturated heterocycles. The van der Waals surface area contributed by atoms with Gasteiger partial charge < -0.3 is 24.6 Å². The van der Waals surface area contributed by atoms with E-state index in [-0.39, 0.29) is 24.0 Å². The summed E-state index contributed by atoms with van der Waals surface area (Å²) in [6.07, 6.45) is 1.93. The van der Waals surface area contributed by atoms with Gasteiger partial charge in [-0.3, -0.25) is 0 Å². The van der Waals surface area contributed by atoms with Crippen LogP contribution in [-0.4, -0.2) is 37.5 Å². The molecule has 1 unspecified atom stereocenters. The summed E-state index contributed by atoms with van der Waals surface area (Å²) in [5.41, 5.74) is 3.20. The van der Waals surface area contributed by atoms with Crippen LogP contribution in [0.5, 0.6) is 5.75 Å². The maximum atomic E-state index is 6.13. The highest BCUT2D eigenvalue weighted by atomic mass is 127. The SMILES string of the molecule is CCNC(=NCc1ccc(C)cc1OCC1CCOC1)NCc1cc(CC)no1.I. The van der Waals surface area contributed by atoms with Crippen LogP contribution in [0.1, 0.15) is 42.8 Å². The second kappa shape index (κ2) is 12.8. The third kappa shape index (κ3) is 7.46. The van der Waals surface area contributed by atoms with Gasteiger partial charge in [0, 0.05) is 30.7 Å². The number of nitrogens with one attached hydrogen (secondary N) is 2. The fourth-order valence-electron chi connectivity index (χ4n) is 3.13. The average molecular weight is 528 g/mol. The molecule has 1 aliphatic rings. The highest BCUT2D eigenvalue weighted by Crippen LogP contribution is 2.23. The Morgan fingerprint density at radius 1 is 1.27 bits per heavy atom. The smallest absolute Gasteiger partial charge is 0.191 e. The number of aryl methyl sites for hydroxylation is 2. The van der Waals surface area contributed by atoms with Crippen molar-refractivity contribution < 1.29 is 14.0 Å². The Morgan fingerprint density at radius 2 is 2.13 bits per heavy atom. The molecule has 0 saturated carbocycles. The number of aliphatic imine (C=N–C) groups is 1. The number of halogens is 1. The number of ether oxygens (including phenoxy) is 2. The molecular formula is C22H33IN4O3. The summed E-state index contributed by atoms with van der Waals surface area (Å²) in [4.78, 5) is 4.72. The van der Waals surface area contributed by atoms with E-state index < -0.39 is 0 Å². The summed E-state index contributed by atoms with van der Waals surface area (Å²) in [6.45, 7) is 10.3. The van der Waals surface area contributed by atoms with Crippen molar-refractivity contribution in [3.05, 3.63) is 46.8 Å². The largest absolute Gasteiger partial charge is 0.493 e. The minimum absolute atomic E-state index is 0. The van der Waals surface area contributed by atoms with Crippen molar-refractivity contribution in [3.8, 4) is 5.75 Å². The Hall–Kier alpha value is -1.81. The lowest BCUT2D eigenvalue weighted by Gasteiger charge is -2.15. The summed E-state index contributed by atoms with van der Waals surface area (Å²) in [5.74, 6) is 2.91. The molecule has 1 aliphatic heterocycles. The number of hydrogen-bond acceptors (Lipinski definition) is 5. The second-order valence-corrected chi connectivity index (χ2v) is 7.34. The Kier molecular flexibility index (Phi) is 10.4. The lowest BCUT2D eigenvalue weighted by Crippen LogP contribution is -2.36. The van der Waals surface area contributed by atoms with Gasteiger partial charge in [0.25, 0.3) is 0 Å². The van der Waals surface area contributed by atoms with Gasteiger partial charge >= 0.3 is 0 Å². The standard InChI is InChI=1S/C22H32N4O3.HI/c1-4-19-11-20(29-26-19)13-25-22(23-5-2)24-12-18-7-6-16(3)10-21(18)28-15-17-8-9-27-14-17;/h6-7,10-11,17H,4-5,8-9,12-15H2,1-3H3,(H2,23,24,25);1H. The van der Waals surface area contributed by atoms with Gasteiger partial charge in [-0.15, -0.1) is 24.0 Å². The van der Waals surface area contributed by atoms with Gasteiger partial charge in [0.05, 0.1) is 32.0 Å². The zero-order chi connectivity index (χ0) is 20.5. The molecule has 0 amide bonds. The predicted octanol–water partition coefficient (Wildman–Crippen LogP) is 3.83. The Morgan fingerprint density at radius 3 is 2.83 bits per heavy atom. The molecular weight excluding hydrogens is 495 g/mol. The molecule has 3 rings (SSSR count).